The lowest BCUT2D eigenvalue weighted by molar-refractivity contribution is -0.150. The Morgan fingerprint density at radius 1 is 1.27 bits per heavy atom. The second-order valence-electron chi connectivity index (χ2n) is 3.11. The molecule has 1 N–H and O–H groups in total. The minimum absolute atomic E-state index is 0.337. The number of amides is 1. The Hall–Kier alpha value is -1.84. The Morgan fingerprint density at radius 2 is 1.87 bits per heavy atom. The lowest BCUT2D eigenvalue weighted by Gasteiger charge is -2.11. The SMILES string of the molecule is CC(=O)OC(C)C(=O)Nc1ccccc1. The summed E-state index contributed by atoms with van der Waals surface area (Å²) < 4.78 is 4.73. The van der Waals surface area contributed by atoms with Gasteiger partial charge in [0, 0.05) is 12.6 Å². The van der Waals surface area contributed by atoms with Gasteiger partial charge in [-0.3, -0.25) is 9.59 Å². The Kier molecular flexibility index (Phi) is 3.85. The van der Waals surface area contributed by atoms with Crippen LogP contribution in [0.25, 0.3) is 0 Å². The number of hydrogen-bond acceptors (Lipinski definition) is 3. The molecular weight excluding hydrogens is 194 g/mol. The highest BCUT2D eigenvalue weighted by Crippen LogP contribution is 2.06. The molecule has 0 aromatic heterocycles. The summed E-state index contributed by atoms with van der Waals surface area (Å²) in [4.78, 5) is 22.1. The first-order valence-corrected chi connectivity index (χ1v) is 4.62. The van der Waals surface area contributed by atoms with Crippen LogP contribution in [0.2, 0.25) is 0 Å². The molecule has 0 fully saturated rings. The van der Waals surface area contributed by atoms with E-state index in [1.807, 2.05) is 18.2 Å². The molecule has 1 atom stereocenters. The van der Waals surface area contributed by atoms with Crippen LogP contribution in [0.1, 0.15) is 13.8 Å². The summed E-state index contributed by atoms with van der Waals surface area (Å²) in [5, 5.41) is 2.63. The molecule has 0 radical (unpaired) electrons. The maximum absolute atomic E-state index is 11.5. The summed E-state index contributed by atoms with van der Waals surface area (Å²) >= 11 is 0. The summed E-state index contributed by atoms with van der Waals surface area (Å²) in [6.07, 6.45) is -0.775. The normalized spacial score (nSPS) is 11.6. The summed E-state index contributed by atoms with van der Waals surface area (Å²) in [5.41, 5.74) is 0.682. The van der Waals surface area contributed by atoms with Gasteiger partial charge in [-0.25, -0.2) is 0 Å². The van der Waals surface area contributed by atoms with E-state index in [0.717, 1.165) is 0 Å². The Balaban J connectivity index is 2.52. The zero-order valence-corrected chi connectivity index (χ0v) is 8.69. The van der Waals surface area contributed by atoms with E-state index in [-0.39, 0.29) is 5.91 Å². The minimum Gasteiger partial charge on any atom is -0.453 e. The van der Waals surface area contributed by atoms with Gasteiger partial charge in [-0.15, -0.1) is 0 Å². The van der Waals surface area contributed by atoms with Crippen LogP contribution in [0, 0.1) is 0 Å². The first kappa shape index (κ1) is 11.2. The van der Waals surface area contributed by atoms with Crippen molar-refractivity contribution < 1.29 is 14.3 Å². The predicted octanol–water partition coefficient (Wildman–Crippen LogP) is 1.58. The number of para-hydroxylation sites is 1. The van der Waals surface area contributed by atoms with Crippen molar-refractivity contribution in [3.8, 4) is 0 Å². The molecular formula is C11H13NO3. The Labute approximate surface area is 88.2 Å². The standard InChI is InChI=1S/C11H13NO3/c1-8(15-9(2)13)11(14)12-10-6-4-3-5-7-10/h3-8H,1-2H3,(H,12,14). The molecule has 1 amide bonds. The van der Waals surface area contributed by atoms with Crippen molar-refractivity contribution in [3.05, 3.63) is 30.3 Å². The topological polar surface area (TPSA) is 55.4 Å². The number of nitrogens with one attached hydrogen (secondary N) is 1. The number of esters is 1. The molecule has 0 saturated heterocycles. The van der Waals surface area contributed by atoms with Gasteiger partial charge < -0.3 is 10.1 Å². The van der Waals surface area contributed by atoms with Gasteiger partial charge in [-0.2, -0.15) is 0 Å². The van der Waals surface area contributed by atoms with Crippen molar-refractivity contribution in [2.24, 2.45) is 0 Å². The number of anilines is 1. The minimum atomic E-state index is -0.775. The third-order valence-electron chi connectivity index (χ3n) is 1.75. The van der Waals surface area contributed by atoms with Crippen molar-refractivity contribution in [3.63, 3.8) is 0 Å². The van der Waals surface area contributed by atoms with Gasteiger partial charge in [0.15, 0.2) is 6.10 Å². The average Bonchev–Trinajstić information content (AvgIpc) is 2.18. The van der Waals surface area contributed by atoms with E-state index >= 15 is 0 Å². The molecule has 15 heavy (non-hydrogen) atoms. The van der Waals surface area contributed by atoms with E-state index in [2.05, 4.69) is 5.32 Å². The zero-order valence-electron chi connectivity index (χ0n) is 8.69. The van der Waals surface area contributed by atoms with Crippen molar-refractivity contribution in [1.82, 2.24) is 0 Å². The molecule has 1 aromatic rings. The van der Waals surface area contributed by atoms with Gasteiger partial charge in [0.05, 0.1) is 0 Å². The van der Waals surface area contributed by atoms with E-state index in [1.165, 1.54) is 13.8 Å². The number of benzene rings is 1. The fourth-order valence-corrected chi connectivity index (χ4v) is 1.07. The van der Waals surface area contributed by atoms with Gasteiger partial charge in [0.25, 0.3) is 5.91 Å². The largest absolute Gasteiger partial charge is 0.453 e. The molecule has 0 aliphatic heterocycles. The van der Waals surface area contributed by atoms with E-state index < -0.39 is 12.1 Å². The summed E-state index contributed by atoms with van der Waals surface area (Å²) in [6.45, 7) is 2.80. The highest BCUT2D eigenvalue weighted by molar-refractivity contribution is 5.94. The van der Waals surface area contributed by atoms with Crippen molar-refractivity contribution in [1.29, 1.82) is 0 Å². The maximum Gasteiger partial charge on any atom is 0.303 e. The number of carbonyl (C=O) groups is 2. The van der Waals surface area contributed by atoms with E-state index in [0.29, 0.717) is 5.69 Å². The summed E-state index contributed by atoms with van der Waals surface area (Å²) in [6, 6.07) is 9.00. The number of carbonyl (C=O) groups excluding carboxylic acids is 2. The third kappa shape index (κ3) is 3.81. The molecule has 1 unspecified atom stereocenters. The summed E-state index contributed by atoms with van der Waals surface area (Å²) in [7, 11) is 0. The van der Waals surface area contributed by atoms with Crippen LogP contribution in [0.15, 0.2) is 30.3 Å². The van der Waals surface area contributed by atoms with E-state index in [1.54, 1.807) is 12.1 Å². The van der Waals surface area contributed by atoms with Crippen LogP contribution in [-0.2, 0) is 14.3 Å². The number of ether oxygens (including phenoxy) is 1. The third-order valence-corrected chi connectivity index (χ3v) is 1.75. The first-order chi connectivity index (χ1) is 7.09. The van der Waals surface area contributed by atoms with Crippen LogP contribution >= 0.6 is 0 Å². The molecule has 0 saturated carbocycles. The summed E-state index contributed by atoms with van der Waals surface area (Å²) in [5.74, 6) is -0.804. The van der Waals surface area contributed by atoms with Gasteiger partial charge in [0.2, 0.25) is 0 Å². The highest BCUT2D eigenvalue weighted by atomic mass is 16.5. The van der Waals surface area contributed by atoms with Crippen LogP contribution < -0.4 is 5.32 Å². The molecule has 0 heterocycles. The number of rotatable bonds is 3. The van der Waals surface area contributed by atoms with Gasteiger partial charge >= 0.3 is 5.97 Å². The molecule has 0 spiro atoms. The average molecular weight is 207 g/mol. The quantitative estimate of drug-likeness (QED) is 0.765. The molecule has 0 bridgehead atoms. The molecule has 4 heteroatoms. The van der Waals surface area contributed by atoms with E-state index in [4.69, 9.17) is 4.74 Å². The molecule has 1 rings (SSSR count). The lowest BCUT2D eigenvalue weighted by Crippen LogP contribution is -2.29. The van der Waals surface area contributed by atoms with Crippen molar-refractivity contribution in [2.45, 2.75) is 20.0 Å². The van der Waals surface area contributed by atoms with Crippen molar-refractivity contribution in [2.75, 3.05) is 5.32 Å². The monoisotopic (exact) mass is 207 g/mol. The van der Waals surface area contributed by atoms with Gasteiger partial charge in [-0.1, -0.05) is 18.2 Å². The number of hydrogen-bond donors (Lipinski definition) is 1. The Bertz CT molecular complexity index is 348. The smallest absolute Gasteiger partial charge is 0.303 e. The first-order valence-electron chi connectivity index (χ1n) is 4.62. The fourth-order valence-electron chi connectivity index (χ4n) is 1.07. The fraction of sp³-hybridized carbons (Fsp3) is 0.273. The lowest BCUT2D eigenvalue weighted by atomic mass is 10.3. The van der Waals surface area contributed by atoms with Crippen LogP contribution in [-0.4, -0.2) is 18.0 Å². The predicted molar refractivity (Wildman–Crippen MR) is 56.3 cm³/mol. The van der Waals surface area contributed by atoms with Gasteiger partial charge in [0.1, 0.15) is 0 Å². The molecule has 0 aliphatic carbocycles. The van der Waals surface area contributed by atoms with Crippen LogP contribution in [0.4, 0.5) is 5.69 Å². The molecule has 0 aliphatic rings. The van der Waals surface area contributed by atoms with Crippen LogP contribution in [0.5, 0.6) is 0 Å². The Morgan fingerprint density at radius 3 is 2.40 bits per heavy atom. The molecule has 4 nitrogen and oxygen atoms in total. The van der Waals surface area contributed by atoms with Crippen molar-refractivity contribution >= 4 is 17.6 Å². The highest BCUT2D eigenvalue weighted by Gasteiger charge is 2.15. The maximum atomic E-state index is 11.5. The van der Waals surface area contributed by atoms with E-state index in [9.17, 15) is 9.59 Å². The molecule has 1 aromatic carbocycles. The van der Waals surface area contributed by atoms with Gasteiger partial charge in [-0.05, 0) is 19.1 Å². The second kappa shape index (κ2) is 5.14. The molecule has 80 valence electrons. The zero-order chi connectivity index (χ0) is 11.3. The second-order valence-corrected chi connectivity index (χ2v) is 3.11. The van der Waals surface area contributed by atoms with Crippen LogP contribution in [0.3, 0.4) is 0 Å².